The Hall–Kier alpha value is -1.95. The molecule has 2 aromatic rings. The highest BCUT2D eigenvalue weighted by molar-refractivity contribution is 7.07. The molecule has 0 saturated carbocycles. The fraction of sp³-hybridized carbons (Fsp3) is 0.231. The molecular weight excluding hydrogens is 265 g/mol. The molecule has 4 nitrogen and oxygen atoms in total. The number of aromatic nitrogens is 1. The van der Waals surface area contributed by atoms with Crippen LogP contribution in [0, 0.1) is 12.7 Å². The van der Waals surface area contributed by atoms with Gasteiger partial charge in [-0.25, -0.2) is 9.37 Å². The summed E-state index contributed by atoms with van der Waals surface area (Å²) < 4.78 is 13.5. The van der Waals surface area contributed by atoms with Crippen molar-refractivity contribution in [3.05, 3.63) is 45.7 Å². The molecule has 0 saturated heterocycles. The van der Waals surface area contributed by atoms with E-state index in [2.05, 4.69) is 10.3 Å². The molecule has 0 aliphatic carbocycles. The number of amides is 1. The van der Waals surface area contributed by atoms with Gasteiger partial charge in [-0.2, -0.15) is 0 Å². The van der Waals surface area contributed by atoms with Crippen molar-refractivity contribution < 1.29 is 9.18 Å². The largest absolute Gasteiger partial charge is 0.398 e. The SMILES string of the molecule is Cc1c(N)cc(C(=O)NCCc2cscn2)cc1F. The number of thiazole rings is 1. The highest BCUT2D eigenvalue weighted by Crippen LogP contribution is 2.17. The predicted octanol–water partition coefficient (Wildman–Crippen LogP) is 2.15. The summed E-state index contributed by atoms with van der Waals surface area (Å²) in [5, 5.41) is 4.64. The zero-order valence-corrected chi connectivity index (χ0v) is 11.3. The van der Waals surface area contributed by atoms with Crippen LogP contribution in [0.1, 0.15) is 21.6 Å². The number of benzene rings is 1. The molecule has 1 amide bonds. The van der Waals surface area contributed by atoms with Crippen LogP contribution in [0.2, 0.25) is 0 Å². The van der Waals surface area contributed by atoms with Crippen LogP contribution in [-0.2, 0) is 6.42 Å². The number of anilines is 1. The van der Waals surface area contributed by atoms with Crippen molar-refractivity contribution in [2.75, 3.05) is 12.3 Å². The van der Waals surface area contributed by atoms with E-state index in [0.717, 1.165) is 5.69 Å². The average Bonchev–Trinajstić information content (AvgIpc) is 2.88. The minimum absolute atomic E-state index is 0.235. The fourth-order valence-corrected chi connectivity index (χ4v) is 2.19. The third-order valence-electron chi connectivity index (χ3n) is 2.80. The Labute approximate surface area is 114 Å². The summed E-state index contributed by atoms with van der Waals surface area (Å²) in [4.78, 5) is 16.0. The number of hydrogen-bond donors (Lipinski definition) is 2. The maximum absolute atomic E-state index is 13.5. The molecule has 0 bridgehead atoms. The van der Waals surface area contributed by atoms with Gasteiger partial charge in [-0.15, -0.1) is 11.3 Å². The smallest absolute Gasteiger partial charge is 0.251 e. The second-order valence-corrected chi connectivity index (χ2v) is 4.88. The quantitative estimate of drug-likeness (QED) is 0.843. The van der Waals surface area contributed by atoms with Crippen molar-refractivity contribution in [2.24, 2.45) is 0 Å². The number of rotatable bonds is 4. The van der Waals surface area contributed by atoms with Gasteiger partial charge in [0.05, 0.1) is 11.2 Å². The third kappa shape index (κ3) is 3.29. The first-order valence-electron chi connectivity index (χ1n) is 5.79. The number of nitrogens with one attached hydrogen (secondary N) is 1. The first-order chi connectivity index (χ1) is 9.08. The number of halogens is 1. The molecule has 100 valence electrons. The van der Waals surface area contributed by atoms with E-state index in [9.17, 15) is 9.18 Å². The minimum atomic E-state index is -0.468. The Morgan fingerprint density at radius 2 is 2.32 bits per heavy atom. The van der Waals surface area contributed by atoms with Crippen molar-refractivity contribution in [1.82, 2.24) is 10.3 Å². The Kier molecular flexibility index (Phi) is 4.11. The molecule has 19 heavy (non-hydrogen) atoms. The maximum atomic E-state index is 13.5. The van der Waals surface area contributed by atoms with Crippen LogP contribution in [-0.4, -0.2) is 17.4 Å². The Balaban J connectivity index is 1.96. The highest BCUT2D eigenvalue weighted by atomic mass is 32.1. The van der Waals surface area contributed by atoms with Crippen molar-refractivity contribution in [2.45, 2.75) is 13.3 Å². The van der Waals surface area contributed by atoms with Gasteiger partial charge in [0.25, 0.3) is 5.91 Å². The summed E-state index contributed by atoms with van der Waals surface area (Å²) in [6.45, 7) is 2.03. The maximum Gasteiger partial charge on any atom is 0.251 e. The van der Waals surface area contributed by atoms with Gasteiger partial charge in [0.15, 0.2) is 0 Å². The lowest BCUT2D eigenvalue weighted by Gasteiger charge is -2.07. The summed E-state index contributed by atoms with van der Waals surface area (Å²) in [7, 11) is 0. The van der Waals surface area contributed by atoms with Gasteiger partial charge in [0.2, 0.25) is 0 Å². The van der Waals surface area contributed by atoms with Gasteiger partial charge in [-0.1, -0.05) is 0 Å². The predicted molar refractivity (Wildman–Crippen MR) is 73.7 cm³/mol. The van der Waals surface area contributed by atoms with Crippen LogP contribution < -0.4 is 11.1 Å². The van der Waals surface area contributed by atoms with Gasteiger partial charge in [-0.05, 0) is 19.1 Å². The zero-order valence-electron chi connectivity index (χ0n) is 10.4. The van der Waals surface area contributed by atoms with E-state index in [-0.39, 0.29) is 17.2 Å². The topological polar surface area (TPSA) is 68.0 Å². The molecule has 0 aliphatic rings. The molecule has 0 fully saturated rings. The number of nitrogens with zero attached hydrogens (tertiary/aromatic N) is 1. The van der Waals surface area contributed by atoms with E-state index in [1.54, 1.807) is 12.4 Å². The lowest BCUT2D eigenvalue weighted by molar-refractivity contribution is 0.0953. The number of carbonyl (C=O) groups excluding carboxylic acids is 1. The molecule has 0 spiro atoms. The van der Waals surface area contributed by atoms with Gasteiger partial charge >= 0.3 is 0 Å². The Bertz CT molecular complexity index is 561. The average molecular weight is 279 g/mol. The van der Waals surface area contributed by atoms with Crippen LogP contribution in [0.3, 0.4) is 0 Å². The molecule has 0 atom stereocenters. The van der Waals surface area contributed by atoms with E-state index in [4.69, 9.17) is 5.73 Å². The van der Waals surface area contributed by atoms with Crippen LogP contribution >= 0.6 is 11.3 Å². The second kappa shape index (κ2) is 5.79. The van der Waals surface area contributed by atoms with Gasteiger partial charge in [0.1, 0.15) is 5.82 Å². The molecule has 1 aromatic heterocycles. The van der Waals surface area contributed by atoms with Crippen molar-refractivity contribution in [3.63, 3.8) is 0 Å². The van der Waals surface area contributed by atoms with Crippen molar-refractivity contribution in [1.29, 1.82) is 0 Å². The van der Waals surface area contributed by atoms with Crippen LogP contribution in [0.4, 0.5) is 10.1 Å². The van der Waals surface area contributed by atoms with Crippen LogP contribution in [0.25, 0.3) is 0 Å². The molecule has 3 N–H and O–H groups in total. The molecule has 1 heterocycles. The molecule has 0 aliphatic heterocycles. The monoisotopic (exact) mass is 279 g/mol. The summed E-state index contributed by atoms with van der Waals surface area (Å²) >= 11 is 1.51. The summed E-state index contributed by atoms with van der Waals surface area (Å²) in [5.74, 6) is -0.800. The molecule has 6 heteroatoms. The molecular formula is C13H14FN3OS. The third-order valence-corrected chi connectivity index (χ3v) is 3.43. The molecule has 0 unspecified atom stereocenters. The molecule has 2 rings (SSSR count). The van der Waals surface area contributed by atoms with E-state index in [1.807, 2.05) is 5.38 Å². The fourth-order valence-electron chi connectivity index (χ4n) is 1.60. The lowest BCUT2D eigenvalue weighted by Crippen LogP contribution is -2.26. The number of hydrogen-bond acceptors (Lipinski definition) is 4. The number of nitrogen functional groups attached to an aromatic ring is 1. The van der Waals surface area contributed by atoms with Crippen molar-refractivity contribution >= 4 is 22.9 Å². The van der Waals surface area contributed by atoms with Crippen LogP contribution in [0.5, 0.6) is 0 Å². The van der Waals surface area contributed by atoms with E-state index < -0.39 is 5.82 Å². The van der Waals surface area contributed by atoms with Crippen molar-refractivity contribution in [3.8, 4) is 0 Å². The zero-order chi connectivity index (χ0) is 13.8. The van der Waals surface area contributed by atoms with E-state index >= 15 is 0 Å². The minimum Gasteiger partial charge on any atom is -0.398 e. The van der Waals surface area contributed by atoms with Crippen LogP contribution in [0.15, 0.2) is 23.0 Å². The Morgan fingerprint density at radius 3 is 2.95 bits per heavy atom. The lowest BCUT2D eigenvalue weighted by atomic mass is 10.1. The Morgan fingerprint density at radius 1 is 1.53 bits per heavy atom. The molecule has 1 aromatic carbocycles. The van der Waals surface area contributed by atoms with Gasteiger partial charge < -0.3 is 11.1 Å². The molecule has 0 radical (unpaired) electrons. The summed E-state index contributed by atoms with van der Waals surface area (Å²) in [6.07, 6.45) is 0.652. The highest BCUT2D eigenvalue weighted by Gasteiger charge is 2.10. The van der Waals surface area contributed by atoms with E-state index in [1.165, 1.54) is 23.5 Å². The standard InChI is InChI=1S/C13H14FN3OS/c1-8-11(14)4-9(5-12(8)15)13(18)16-3-2-10-6-19-7-17-10/h4-7H,2-3,15H2,1H3,(H,16,18). The second-order valence-electron chi connectivity index (χ2n) is 4.16. The normalized spacial score (nSPS) is 10.4. The first kappa shape index (κ1) is 13.5. The summed E-state index contributed by atoms with van der Waals surface area (Å²) in [5.41, 5.74) is 9.19. The first-order valence-corrected chi connectivity index (χ1v) is 6.73. The summed E-state index contributed by atoms with van der Waals surface area (Å²) in [6, 6.07) is 2.68. The van der Waals surface area contributed by atoms with Gasteiger partial charge in [-0.3, -0.25) is 4.79 Å². The number of nitrogens with two attached hydrogens (primary N) is 1. The van der Waals surface area contributed by atoms with Gasteiger partial charge in [0, 0.05) is 35.2 Å². The van der Waals surface area contributed by atoms with E-state index in [0.29, 0.717) is 18.5 Å². The number of carbonyl (C=O) groups is 1.